The van der Waals surface area contributed by atoms with E-state index in [1.807, 2.05) is 0 Å². The number of hydrogen-bond acceptors (Lipinski definition) is 3. The number of nitrogens with zero attached hydrogens (tertiary/aromatic N) is 1. The van der Waals surface area contributed by atoms with Crippen LogP contribution in [0.15, 0.2) is 39.9 Å². The van der Waals surface area contributed by atoms with Crippen LogP contribution in [-0.4, -0.2) is 15.9 Å². The molecule has 0 radical (unpaired) electrons. The molecule has 2 aromatic rings. The number of H-pyrrole nitrogens is 1. The van der Waals surface area contributed by atoms with Gasteiger partial charge in [0.1, 0.15) is 11.5 Å². The maximum absolute atomic E-state index is 13.2. The minimum Gasteiger partial charge on any atom is -0.325 e. The number of rotatable bonds is 2. The van der Waals surface area contributed by atoms with Crippen molar-refractivity contribution in [3.63, 3.8) is 0 Å². The molecule has 0 spiro atoms. The molecule has 7 heteroatoms. The number of nitrogens with one attached hydrogen (secondary N) is 2. The number of aromatic amines is 1. The summed E-state index contributed by atoms with van der Waals surface area (Å²) in [4.78, 5) is 28.5. The third kappa shape index (κ3) is 2.80. The van der Waals surface area contributed by atoms with Crippen LogP contribution in [0.25, 0.3) is 0 Å². The largest absolute Gasteiger partial charge is 0.325 e. The quantitative estimate of drug-likeness (QED) is 0.890. The molecule has 0 aliphatic carbocycles. The minimum absolute atomic E-state index is 0.0397. The Labute approximate surface area is 109 Å². The molecule has 0 aliphatic rings. The molecule has 1 amide bonds. The maximum atomic E-state index is 13.2. The molecule has 0 unspecified atom stereocenters. The first kappa shape index (κ1) is 12.4. The first-order valence-electron chi connectivity index (χ1n) is 4.87. The molecule has 0 saturated heterocycles. The topological polar surface area (TPSA) is 74.8 Å². The summed E-state index contributed by atoms with van der Waals surface area (Å²) in [5, 5.41) is 2.46. The molecule has 1 aromatic carbocycles. The van der Waals surface area contributed by atoms with Gasteiger partial charge in [0.25, 0.3) is 11.5 Å². The third-order valence-electron chi connectivity index (χ3n) is 2.08. The van der Waals surface area contributed by atoms with Crippen LogP contribution >= 0.6 is 15.9 Å². The van der Waals surface area contributed by atoms with Crippen molar-refractivity contribution >= 4 is 27.5 Å². The number of carbonyl (C=O) groups is 1. The monoisotopic (exact) mass is 311 g/mol. The van der Waals surface area contributed by atoms with E-state index >= 15 is 0 Å². The third-order valence-corrected chi connectivity index (χ3v) is 2.73. The van der Waals surface area contributed by atoms with E-state index in [1.165, 1.54) is 24.4 Å². The molecule has 1 aromatic heterocycles. The molecule has 2 rings (SSSR count). The molecule has 5 nitrogen and oxygen atoms in total. The summed E-state index contributed by atoms with van der Waals surface area (Å²) in [5.74, 6) is -1.02. The number of carbonyl (C=O) groups excluding carboxylic acids is 1. The summed E-state index contributed by atoms with van der Waals surface area (Å²) in [6.07, 6.45) is 2.18. The van der Waals surface area contributed by atoms with E-state index in [0.717, 1.165) is 6.20 Å². The van der Waals surface area contributed by atoms with Crippen molar-refractivity contribution in [3.8, 4) is 0 Å². The van der Waals surface area contributed by atoms with Crippen molar-refractivity contribution in [1.29, 1.82) is 0 Å². The van der Waals surface area contributed by atoms with Gasteiger partial charge in [0, 0.05) is 11.9 Å². The summed E-state index contributed by atoms with van der Waals surface area (Å²) < 4.78 is 13.5. The van der Waals surface area contributed by atoms with E-state index < -0.39 is 17.3 Å². The van der Waals surface area contributed by atoms with E-state index in [1.54, 1.807) is 0 Å². The van der Waals surface area contributed by atoms with Gasteiger partial charge in [0.2, 0.25) is 0 Å². The lowest BCUT2D eigenvalue weighted by molar-refractivity contribution is 0.102. The Morgan fingerprint density at radius 3 is 2.83 bits per heavy atom. The predicted molar refractivity (Wildman–Crippen MR) is 66.9 cm³/mol. The highest BCUT2D eigenvalue weighted by molar-refractivity contribution is 9.10. The molecule has 0 saturated carbocycles. The average molecular weight is 312 g/mol. The Morgan fingerprint density at radius 1 is 1.44 bits per heavy atom. The predicted octanol–water partition coefficient (Wildman–Crippen LogP) is 1.92. The van der Waals surface area contributed by atoms with Gasteiger partial charge >= 0.3 is 0 Å². The first-order chi connectivity index (χ1) is 8.56. The fourth-order valence-corrected chi connectivity index (χ4v) is 1.48. The van der Waals surface area contributed by atoms with Crippen LogP contribution in [0.5, 0.6) is 0 Å². The number of amides is 1. The van der Waals surface area contributed by atoms with E-state index in [4.69, 9.17) is 0 Å². The zero-order chi connectivity index (χ0) is 13.1. The van der Waals surface area contributed by atoms with Gasteiger partial charge in [-0.3, -0.25) is 9.59 Å². The molecular formula is C11H7BrFN3O2. The second kappa shape index (κ2) is 5.09. The van der Waals surface area contributed by atoms with E-state index in [9.17, 15) is 14.0 Å². The highest BCUT2D eigenvalue weighted by Crippen LogP contribution is 2.19. The van der Waals surface area contributed by atoms with Crippen molar-refractivity contribution in [2.75, 3.05) is 5.32 Å². The Bertz CT molecular complexity index is 636. The number of benzene rings is 1. The van der Waals surface area contributed by atoms with Crippen molar-refractivity contribution in [2.45, 2.75) is 0 Å². The van der Waals surface area contributed by atoms with Gasteiger partial charge in [-0.15, -0.1) is 0 Å². The lowest BCUT2D eigenvalue weighted by Crippen LogP contribution is -2.17. The molecule has 0 bridgehead atoms. The molecule has 18 heavy (non-hydrogen) atoms. The smallest absolute Gasteiger partial charge is 0.275 e. The lowest BCUT2D eigenvalue weighted by Gasteiger charge is -2.04. The van der Waals surface area contributed by atoms with Gasteiger partial charge < -0.3 is 10.3 Å². The van der Waals surface area contributed by atoms with Crippen LogP contribution in [0.2, 0.25) is 0 Å². The summed E-state index contributed by atoms with van der Waals surface area (Å²) in [7, 11) is 0. The fraction of sp³-hybridized carbons (Fsp3) is 0. The van der Waals surface area contributed by atoms with Gasteiger partial charge in [0.15, 0.2) is 0 Å². The van der Waals surface area contributed by atoms with Crippen LogP contribution in [0.4, 0.5) is 10.1 Å². The Kier molecular flexibility index (Phi) is 3.52. The van der Waals surface area contributed by atoms with Crippen molar-refractivity contribution < 1.29 is 9.18 Å². The van der Waals surface area contributed by atoms with Crippen LogP contribution < -0.4 is 10.9 Å². The molecule has 1 heterocycles. The number of anilines is 1. The zero-order valence-electron chi connectivity index (χ0n) is 8.91. The Morgan fingerprint density at radius 2 is 2.22 bits per heavy atom. The molecule has 92 valence electrons. The van der Waals surface area contributed by atoms with E-state index in [2.05, 4.69) is 31.2 Å². The van der Waals surface area contributed by atoms with E-state index in [-0.39, 0.29) is 5.69 Å². The summed E-state index contributed by atoms with van der Waals surface area (Å²) in [6, 6.07) is 4.19. The van der Waals surface area contributed by atoms with Gasteiger partial charge in [-0.2, -0.15) is 0 Å². The van der Waals surface area contributed by atoms with Crippen molar-refractivity contribution in [2.24, 2.45) is 0 Å². The maximum Gasteiger partial charge on any atom is 0.275 e. The summed E-state index contributed by atoms with van der Waals surface area (Å²) >= 11 is 3.01. The average Bonchev–Trinajstić information content (AvgIpc) is 2.34. The van der Waals surface area contributed by atoms with Crippen molar-refractivity contribution in [3.05, 3.63) is 56.9 Å². The lowest BCUT2D eigenvalue weighted by atomic mass is 10.3. The number of halogens is 2. The molecule has 0 fully saturated rings. The van der Waals surface area contributed by atoms with Gasteiger partial charge in [-0.25, -0.2) is 9.37 Å². The van der Waals surface area contributed by atoms with Crippen LogP contribution in [0.1, 0.15) is 10.5 Å². The SMILES string of the molecule is O=C(Nc1ccc(Br)c(F)c1)c1c[nH]c(=O)cn1. The van der Waals surface area contributed by atoms with Crippen LogP contribution in [0, 0.1) is 5.82 Å². The normalized spacial score (nSPS) is 10.1. The molecular weight excluding hydrogens is 305 g/mol. The fourth-order valence-electron chi connectivity index (χ4n) is 1.24. The van der Waals surface area contributed by atoms with Gasteiger partial charge in [-0.05, 0) is 34.1 Å². The molecule has 0 atom stereocenters. The Hall–Kier alpha value is -2.02. The molecule has 2 N–H and O–H groups in total. The van der Waals surface area contributed by atoms with Crippen LogP contribution in [0.3, 0.4) is 0 Å². The number of hydrogen-bond donors (Lipinski definition) is 2. The van der Waals surface area contributed by atoms with Crippen LogP contribution in [-0.2, 0) is 0 Å². The summed E-state index contributed by atoms with van der Waals surface area (Å²) in [5.41, 5.74) is -0.0622. The second-order valence-corrected chi connectivity index (χ2v) is 4.23. The standard InChI is InChI=1S/C11H7BrFN3O2/c12-7-2-1-6(3-8(7)13)16-11(18)9-4-15-10(17)5-14-9/h1-5H,(H,15,17)(H,16,18). The minimum atomic E-state index is -0.534. The highest BCUT2D eigenvalue weighted by Gasteiger charge is 2.08. The second-order valence-electron chi connectivity index (χ2n) is 3.38. The first-order valence-corrected chi connectivity index (χ1v) is 5.67. The summed E-state index contributed by atoms with van der Waals surface area (Å²) in [6.45, 7) is 0. The van der Waals surface area contributed by atoms with Crippen molar-refractivity contribution in [1.82, 2.24) is 9.97 Å². The van der Waals surface area contributed by atoms with Gasteiger partial charge in [-0.1, -0.05) is 0 Å². The highest BCUT2D eigenvalue weighted by atomic mass is 79.9. The molecule has 0 aliphatic heterocycles. The van der Waals surface area contributed by atoms with Gasteiger partial charge in [0.05, 0.1) is 10.7 Å². The number of aromatic nitrogens is 2. The zero-order valence-corrected chi connectivity index (χ0v) is 10.5. The van der Waals surface area contributed by atoms with E-state index in [0.29, 0.717) is 10.2 Å². The Balaban J connectivity index is 2.18.